The molecule has 0 aromatic carbocycles. The van der Waals surface area contributed by atoms with Crippen LogP contribution in [0.4, 0.5) is 17.6 Å². The fourth-order valence-electron chi connectivity index (χ4n) is 0.442. The van der Waals surface area contributed by atoms with Crippen LogP contribution in [0.5, 0.6) is 0 Å². The molecule has 0 saturated carbocycles. The smallest absolute Gasteiger partial charge is 0.231 e. The minimum absolute atomic E-state index is 0.683. The van der Waals surface area contributed by atoms with Crippen LogP contribution in [0.1, 0.15) is 0 Å². The third-order valence-corrected chi connectivity index (χ3v) is 0.984. The van der Waals surface area contributed by atoms with Gasteiger partial charge in [-0.1, -0.05) is 19.2 Å². The number of rotatable bonds is 2. The molecule has 0 aromatic heterocycles. The maximum absolute atomic E-state index is 12.2. The van der Waals surface area contributed by atoms with E-state index in [1.165, 1.54) is 0 Å². The molecule has 0 radical (unpaired) electrons. The van der Waals surface area contributed by atoms with Crippen LogP contribution >= 0.6 is 0 Å². The third kappa shape index (κ3) is 2.60. The number of hydrogen-bond acceptors (Lipinski definition) is 0. The minimum atomic E-state index is -4.89. The molecule has 4 heteroatoms. The van der Waals surface area contributed by atoms with Crippen LogP contribution in [0.25, 0.3) is 0 Å². The zero-order valence-electron chi connectivity index (χ0n) is 5.58. The highest BCUT2D eigenvalue weighted by atomic mass is 19.4. The Morgan fingerprint density at radius 2 is 1.91 bits per heavy atom. The highest BCUT2D eigenvalue weighted by molar-refractivity contribution is 5.20. The molecule has 0 saturated heterocycles. The third-order valence-electron chi connectivity index (χ3n) is 0.984. The molecule has 0 aliphatic carbocycles. The Labute approximate surface area is 61.5 Å². The molecule has 1 unspecified atom stereocenters. The van der Waals surface area contributed by atoms with Crippen LogP contribution in [0.2, 0.25) is 0 Å². The van der Waals surface area contributed by atoms with Crippen LogP contribution in [0, 0.1) is 0 Å². The Balaban J connectivity index is 4.61. The molecular weight excluding hydrogens is 160 g/mol. The highest BCUT2D eigenvalue weighted by Crippen LogP contribution is 2.27. The van der Waals surface area contributed by atoms with Gasteiger partial charge in [-0.15, -0.1) is 5.73 Å². The molecule has 0 aliphatic heterocycles. The van der Waals surface area contributed by atoms with Gasteiger partial charge in [0.05, 0.1) is 0 Å². The number of alkyl halides is 4. The first-order chi connectivity index (χ1) is 4.93. The van der Waals surface area contributed by atoms with Gasteiger partial charge < -0.3 is 0 Å². The molecule has 0 heterocycles. The Hall–Kier alpha value is -1.02. The lowest BCUT2D eigenvalue weighted by Gasteiger charge is -2.10. The van der Waals surface area contributed by atoms with Crippen molar-refractivity contribution in [2.75, 3.05) is 0 Å². The quantitative estimate of drug-likeness (QED) is 0.336. The number of allylic oxidation sites excluding steroid dienone is 2. The molecule has 0 aromatic rings. The van der Waals surface area contributed by atoms with Crippen LogP contribution in [0.15, 0.2) is 30.5 Å². The second kappa shape index (κ2) is 3.39. The van der Waals surface area contributed by atoms with Crippen LogP contribution < -0.4 is 0 Å². The van der Waals surface area contributed by atoms with Crippen molar-refractivity contribution in [3.63, 3.8) is 0 Å². The molecule has 0 spiro atoms. The fourth-order valence-corrected chi connectivity index (χ4v) is 0.442. The summed E-state index contributed by atoms with van der Waals surface area (Å²) in [4.78, 5) is 0. The lowest BCUT2D eigenvalue weighted by atomic mass is 10.2. The van der Waals surface area contributed by atoms with E-state index in [4.69, 9.17) is 0 Å². The molecular formula is C7H6F4. The van der Waals surface area contributed by atoms with Gasteiger partial charge in [-0.05, 0) is 0 Å². The zero-order chi connectivity index (χ0) is 9.07. The normalized spacial score (nSPS) is 13.5. The Morgan fingerprint density at radius 1 is 1.45 bits per heavy atom. The summed E-state index contributed by atoms with van der Waals surface area (Å²) in [7, 11) is 0. The van der Waals surface area contributed by atoms with Crippen molar-refractivity contribution in [2.45, 2.75) is 12.3 Å². The van der Waals surface area contributed by atoms with Gasteiger partial charge in [0.2, 0.25) is 6.17 Å². The second-order valence-electron chi connectivity index (χ2n) is 1.74. The van der Waals surface area contributed by atoms with Gasteiger partial charge in [-0.25, -0.2) is 4.39 Å². The molecule has 0 N–H and O–H groups in total. The average Bonchev–Trinajstić information content (AvgIpc) is 1.88. The predicted octanol–water partition coefficient (Wildman–Crippen LogP) is 2.78. The lowest BCUT2D eigenvalue weighted by molar-refractivity contribution is -0.168. The first-order valence-corrected chi connectivity index (χ1v) is 2.66. The maximum Gasteiger partial charge on any atom is 0.424 e. The Bertz CT molecular complexity index is 195. The van der Waals surface area contributed by atoms with Gasteiger partial charge in [0.15, 0.2) is 0 Å². The van der Waals surface area contributed by atoms with E-state index in [1.54, 1.807) is 0 Å². The number of hydrogen-bond donors (Lipinski definition) is 0. The van der Waals surface area contributed by atoms with Gasteiger partial charge >= 0.3 is 6.18 Å². The molecule has 11 heavy (non-hydrogen) atoms. The van der Waals surface area contributed by atoms with E-state index in [0.29, 0.717) is 0 Å². The summed E-state index contributed by atoms with van der Waals surface area (Å²) in [6, 6.07) is 0. The van der Waals surface area contributed by atoms with Crippen LogP contribution in [0.3, 0.4) is 0 Å². The molecule has 62 valence electrons. The molecule has 0 amide bonds. The second-order valence-corrected chi connectivity index (χ2v) is 1.74. The predicted molar refractivity (Wildman–Crippen MR) is 33.8 cm³/mol. The SMILES string of the molecule is C=C=C(C=C)C(F)C(F)(F)F. The standard InChI is InChI=1S/C7H6F4/c1-3-5(4-2)6(8)7(9,10)11/h3,6H,1-2H2. The monoisotopic (exact) mass is 166 g/mol. The number of halogens is 4. The van der Waals surface area contributed by atoms with Crippen molar-refractivity contribution in [1.29, 1.82) is 0 Å². The van der Waals surface area contributed by atoms with Crippen molar-refractivity contribution in [3.05, 3.63) is 30.5 Å². The van der Waals surface area contributed by atoms with Gasteiger partial charge in [-0.2, -0.15) is 13.2 Å². The molecule has 0 bridgehead atoms. The van der Waals surface area contributed by atoms with E-state index in [-0.39, 0.29) is 0 Å². The molecule has 0 nitrogen and oxygen atoms in total. The van der Waals surface area contributed by atoms with Crippen molar-refractivity contribution in [3.8, 4) is 0 Å². The molecule has 0 rings (SSSR count). The van der Waals surface area contributed by atoms with Crippen molar-refractivity contribution < 1.29 is 17.6 Å². The molecule has 0 aliphatic rings. The largest absolute Gasteiger partial charge is 0.424 e. The maximum atomic E-state index is 12.2. The summed E-state index contributed by atoms with van der Waals surface area (Å²) in [5, 5.41) is 0. The van der Waals surface area contributed by atoms with E-state index < -0.39 is 17.9 Å². The van der Waals surface area contributed by atoms with Crippen LogP contribution in [-0.2, 0) is 0 Å². The summed E-state index contributed by atoms with van der Waals surface area (Å²) in [6.07, 6.45) is -7.18. The summed E-state index contributed by atoms with van der Waals surface area (Å²) < 4.78 is 46.9. The molecule has 0 fully saturated rings. The van der Waals surface area contributed by atoms with E-state index >= 15 is 0 Å². The van der Waals surface area contributed by atoms with E-state index in [0.717, 1.165) is 6.08 Å². The minimum Gasteiger partial charge on any atom is -0.231 e. The Kier molecular flexibility index (Phi) is 3.08. The van der Waals surface area contributed by atoms with Gasteiger partial charge in [0.25, 0.3) is 0 Å². The zero-order valence-corrected chi connectivity index (χ0v) is 5.58. The summed E-state index contributed by atoms with van der Waals surface area (Å²) in [5.74, 6) is 0. The van der Waals surface area contributed by atoms with Gasteiger partial charge in [0, 0.05) is 5.57 Å². The fraction of sp³-hybridized carbons (Fsp3) is 0.286. The first kappa shape index (κ1) is 9.98. The van der Waals surface area contributed by atoms with E-state index in [1.807, 2.05) is 5.73 Å². The van der Waals surface area contributed by atoms with Crippen molar-refractivity contribution in [1.82, 2.24) is 0 Å². The summed E-state index contributed by atoms with van der Waals surface area (Å²) in [6.45, 7) is 5.88. The van der Waals surface area contributed by atoms with Crippen molar-refractivity contribution in [2.24, 2.45) is 0 Å². The highest BCUT2D eigenvalue weighted by Gasteiger charge is 2.41. The van der Waals surface area contributed by atoms with Crippen molar-refractivity contribution >= 4 is 0 Å². The first-order valence-electron chi connectivity index (χ1n) is 2.66. The average molecular weight is 166 g/mol. The topological polar surface area (TPSA) is 0 Å². The molecule has 1 atom stereocenters. The summed E-state index contributed by atoms with van der Waals surface area (Å²) >= 11 is 0. The van der Waals surface area contributed by atoms with Crippen LogP contribution in [-0.4, -0.2) is 12.3 Å². The Morgan fingerprint density at radius 3 is 2.00 bits per heavy atom. The lowest BCUT2D eigenvalue weighted by Crippen LogP contribution is -2.25. The van der Waals surface area contributed by atoms with Gasteiger partial charge in [0.1, 0.15) is 0 Å². The van der Waals surface area contributed by atoms with E-state index in [9.17, 15) is 17.6 Å². The summed E-state index contributed by atoms with van der Waals surface area (Å²) in [5.41, 5.74) is 1.13. The van der Waals surface area contributed by atoms with E-state index in [2.05, 4.69) is 13.2 Å². The van der Waals surface area contributed by atoms with Gasteiger partial charge in [-0.3, -0.25) is 0 Å².